The van der Waals surface area contributed by atoms with Crippen molar-refractivity contribution in [3.8, 4) is 0 Å². The molecular weight excluding hydrogens is 1390 g/mol. The maximum atomic E-state index is 13.2. The van der Waals surface area contributed by atoms with Crippen LogP contribution in [0.5, 0.6) is 0 Å². The van der Waals surface area contributed by atoms with Crippen LogP contribution in [0.3, 0.4) is 0 Å². The van der Waals surface area contributed by atoms with Gasteiger partial charge < -0.3 is 50.2 Å². The van der Waals surface area contributed by atoms with Gasteiger partial charge in [0.05, 0.1) is 109 Å². The third-order valence-electron chi connectivity index (χ3n) is 21.6. The van der Waals surface area contributed by atoms with Crippen LogP contribution in [0.1, 0.15) is 233 Å². The van der Waals surface area contributed by atoms with Crippen LogP contribution in [-0.2, 0) is 43.0 Å². The van der Waals surface area contributed by atoms with Crippen molar-refractivity contribution in [2.24, 2.45) is 51.8 Å². The predicted octanol–water partition coefficient (Wildman–Crippen LogP) is 14.5. The molecule has 17 atom stereocenters. The second-order valence-electron chi connectivity index (χ2n) is 31.5. The molecule has 2 saturated heterocycles. The standard InChI is InChI=1S/C27H42N2O5S.C27H39NO5S.C26H38ClNO5S/c1-15-9-8-10-27(7)21(29-27)12-20(16(2)11-19-14-35-18(4)28-19)34-23(31)13-22(30)26(5,6)25(33)17(3)24(15)32;1-16-9-8-10-17(2)25(31)19(4)26(32)27(6,7)23(29)14-24(30)33-22(12-11-16)18(3)13-21-15-34-20(5)28-21;1-15-8-7-9-16(2)24(31)17(3)25(32)26(5,6)22(29)13-23(30)33-21(11-10-15)20(27)12-19-14-34-18(4)28-19/h11,14-15,17,20-22,24,29-30,32H,8-10,12-13H2,1-7H3;8-9,11,13,15,17,19,22-23,25,29,31H,10,12,14H2,1-7H3;10,12,14,16-17,21-22,24,29,31H,7-9,11,13H2,1-6H3/b16-11+;9-8+,16-11-,18-13+;15-10-,20-12-/t15-,17+,20-,21-,22-,24-,27+;17-,19+,22-,23-,25-;16-,17+,21-,22-,24-/m000/s1. The zero-order chi connectivity index (χ0) is 77.4. The van der Waals surface area contributed by atoms with E-state index in [1.165, 1.54) is 11.3 Å². The number of esters is 3. The predicted molar refractivity (Wildman–Crippen MR) is 411 cm³/mol. The molecule has 3 aromatic heterocycles. The molecule has 4 aliphatic heterocycles. The number of thiazole rings is 3. The number of hydrogen-bond donors (Lipinski definition) is 7. The lowest BCUT2D eigenvalue weighted by atomic mass is 9.73. The third kappa shape index (κ3) is 25.7. The number of nitrogens with zero attached hydrogens (tertiary/aromatic N) is 3. The zero-order valence-corrected chi connectivity index (χ0v) is 67.7. The molecule has 0 aliphatic carbocycles. The monoisotopic (exact) mass is 1510 g/mol. The Balaban J connectivity index is 0.000000278. The largest absolute Gasteiger partial charge is 0.458 e. The number of aliphatic hydroxyl groups excluding tert-OH is 6. The van der Waals surface area contributed by atoms with Gasteiger partial charge in [-0.05, 0) is 141 Å². The summed E-state index contributed by atoms with van der Waals surface area (Å²) in [4.78, 5) is 91.4. The summed E-state index contributed by atoms with van der Waals surface area (Å²) >= 11 is 11.2. The van der Waals surface area contributed by atoms with Crippen LogP contribution in [-0.4, -0.2) is 147 Å². The number of cyclic esters (lactones) is 3. The summed E-state index contributed by atoms with van der Waals surface area (Å²) in [6, 6.07) is 0.204. The van der Waals surface area contributed by atoms with Gasteiger partial charge in [-0.15, -0.1) is 34.0 Å². The first-order chi connectivity index (χ1) is 47.9. The number of ketones is 3. The molecule has 7 rings (SSSR count). The first-order valence-electron chi connectivity index (χ1n) is 36.5. The van der Waals surface area contributed by atoms with Crippen LogP contribution in [0, 0.1) is 72.5 Å². The van der Waals surface area contributed by atoms with E-state index in [0.717, 1.165) is 87.2 Å². The van der Waals surface area contributed by atoms with Crippen LogP contribution in [0.25, 0.3) is 18.2 Å². The number of ether oxygens (including phenoxy) is 3. The number of allylic oxidation sites excluding steroid dienone is 4. The van der Waals surface area contributed by atoms with Gasteiger partial charge in [0.15, 0.2) is 0 Å². The fraction of sp³-hybridized carbons (Fsp3) is 0.662. The van der Waals surface area contributed by atoms with Gasteiger partial charge in [0.2, 0.25) is 0 Å². The molecule has 19 nitrogen and oxygen atoms in total. The van der Waals surface area contributed by atoms with Gasteiger partial charge >= 0.3 is 17.9 Å². The molecule has 0 aromatic carbocycles. The smallest absolute Gasteiger partial charge is 0.309 e. The van der Waals surface area contributed by atoms with Crippen LogP contribution in [0.2, 0.25) is 0 Å². The Labute approximate surface area is 629 Å². The number of carbonyl (C=O) groups is 6. The van der Waals surface area contributed by atoms with Gasteiger partial charge in [0.1, 0.15) is 35.7 Å². The van der Waals surface area contributed by atoms with E-state index in [2.05, 4.69) is 27.2 Å². The van der Waals surface area contributed by atoms with Gasteiger partial charge in [-0.2, -0.15) is 0 Å². The van der Waals surface area contributed by atoms with Gasteiger partial charge in [-0.3, -0.25) is 28.8 Å². The molecule has 2 fully saturated rings. The van der Waals surface area contributed by atoms with Crippen LogP contribution >= 0.6 is 45.6 Å². The first-order valence-corrected chi connectivity index (χ1v) is 39.5. The Morgan fingerprint density at radius 2 is 0.903 bits per heavy atom. The minimum absolute atomic E-state index is 0.0416. The second kappa shape index (κ2) is 39.0. The molecule has 103 heavy (non-hydrogen) atoms. The average molecular weight is 1510 g/mol. The Morgan fingerprint density at radius 1 is 0.524 bits per heavy atom. The van der Waals surface area contributed by atoms with Crippen molar-refractivity contribution in [3.63, 3.8) is 0 Å². The van der Waals surface area contributed by atoms with Gasteiger partial charge in [-0.25, -0.2) is 15.0 Å². The molecule has 4 aliphatic rings. The van der Waals surface area contributed by atoms with Gasteiger partial charge in [-0.1, -0.05) is 137 Å². The van der Waals surface area contributed by atoms with Crippen molar-refractivity contribution in [2.45, 2.75) is 288 Å². The van der Waals surface area contributed by atoms with Crippen molar-refractivity contribution in [1.82, 2.24) is 20.3 Å². The Bertz CT molecular complexity index is 3560. The molecule has 7 heterocycles. The molecule has 0 saturated carbocycles. The van der Waals surface area contributed by atoms with Crippen LogP contribution < -0.4 is 5.32 Å². The summed E-state index contributed by atoms with van der Waals surface area (Å²) < 4.78 is 17.4. The number of Topliss-reactive ketones (excluding diaryl/α,β-unsaturated/α-hetero) is 3. The molecule has 0 unspecified atom stereocenters. The minimum atomic E-state index is -1.26. The fourth-order valence-electron chi connectivity index (χ4n) is 13.5. The highest BCUT2D eigenvalue weighted by molar-refractivity contribution is 7.10. The summed E-state index contributed by atoms with van der Waals surface area (Å²) in [5.41, 5.74) is 2.58. The van der Waals surface area contributed by atoms with Crippen molar-refractivity contribution in [1.29, 1.82) is 0 Å². The SMILES string of the molecule is C/C(=C\c1csc(C)n1)[C@@H]1C[C@@H]2N[C@]2(C)CCC[C@H](C)[C@H](O)[C@@H](C)C(=O)C(C)(C)[C@@H](O)CC(=O)O1.C/C1=C/C[C@@H](/C(Cl)=C/c2csc(C)n2)OC(=O)C[C@H](O)C(C)(C)C(=O)[C@H](C)[C@@H](O)[C@@H](C)CCC1.CC1=C/C[C@@H](/C(C)=C/c2csc(C)n2)OC(=O)C[C@H](O)C(C)(C)C(=O)[C@H](C)[C@@H](O)[C@@H](C)C\C=C\1. The molecule has 0 radical (unpaired) electrons. The maximum Gasteiger partial charge on any atom is 0.309 e. The highest BCUT2D eigenvalue weighted by atomic mass is 35.5. The topological polar surface area (TPSA) is 312 Å². The lowest BCUT2D eigenvalue weighted by Gasteiger charge is -2.34. The van der Waals surface area contributed by atoms with E-state index in [1.807, 2.05) is 122 Å². The van der Waals surface area contributed by atoms with Crippen molar-refractivity contribution >= 4 is 99.1 Å². The Morgan fingerprint density at radius 3 is 1.33 bits per heavy atom. The first kappa shape index (κ1) is 88.4. The van der Waals surface area contributed by atoms with Crippen LogP contribution in [0.15, 0.2) is 67.8 Å². The summed E-state index contributed by atoms with van der Waals surface area (Å²) in [6.45, 7) is 36.4. The van der Waals surface area contributed by atoms with E-state index in [4.69, 9.17) is 25.8 Å². The summed E-state index contributed by atoms with van der Waals surface area (Å²) in [7, 11) is 0. The van der Waals surface area contributed by atoms with E-state index in [1.54, 1.807) is 91.1 Å². The quantitative estimate of drug-likeness (QED) is 0.0522. The fourth-order valence-corrected chi connectivity index (χ4v) is 15.5. The number of aliphatic hydroxyl groups is 6. The molecule has 23 heteroatoms. The number of rotatable bonds is 6. The molecule has 574 valence electrons. The second-order valence-corrected chi connectivity index (χ2v) is 35.2. The number of nitrogens with one attached hydrogen (secondary N) is 1. The number of carbonyl (C=O) groups excluding carboxylic acids is 6. The lowest BCUT2D eigenvalue weighted by molar-refractivity contribution is -0.156. The highest BCUT2D eigenvalue weighted by Crippen LogP contribution is 2.40. The molecule has 7 N–H and O–H groups in total. The molecule has 0 bridgehead atoms. The van der Waals surface area contributed by atoms with Crippen molar-refractivity contribution in [3.05, 3.63) is 99.9 Å². The van der Waals surface area contributed by atoms with Crippen LogP contribution in [0.4, 0.5) is 0 Å². The molecule has 3 aromatic rings. The van der Waals surface area contributed by atoms with Gasteiger partial charge in [0.25, 0.3) is 0 Å². The molecule has 0 spiro atoms. The lowest BCUT2D eigenvalue weighted by Crippen LogP contribution is -2.45. The van der Waals surface area contributed by atoms with E-state index in [-0.39, 0.29) is 65.9 Å². The normalized spacial score (nSPS) is 34.1. The van der Waals surface area contributed by atoms with Crippen molar-refractivity contribution in [2.75, 3.05) is 0 Å². The number of aryl methyl sites for hydroxylation is 3. The number of hydrogen-bond acceptors (Lipinski definition) is 22. The summed E-state index contributed by atoms with van der Waals surface area (Å²) in [6.07, 6.45) is 12.0. The van der Waals surface area contributed by atoms with Crippen molar-refractivity contribution < 1.29 is 73.6 Å². The molecular formula is C80H119ClN4O15S3. The minimum Gasteiger partial charge on any atom is -0.458 e. The Hall–Kier alpha value is -5.24. The zero-order valence-electron chi connectivity index (χ0n) is 64.5. The number of halogens is 1. The number of fused-ring (bicyclic) bond motifs is 1. The third-order valence-corrected chi connectivity index (χ3v) is 24.3. The highest BCUT2D eigenvalue weighted by Gasteiger charge is 2.51. The maximum absolute atomic E-state index is 13.2. The summed E-state index contributed by atoms with van der Waals surface area (Å²) in [5.74, 6) is -4.75. The van der Waals surface area contributed by atoms with E-state index in [9.17, 15) is 59.4 Å². The van der Waals surface area contributed by atoms with E-state index >= 15 is 0 Å². The number of aromatic nitrogens is 3. The van der Waals surface area contributed by atoms with E-state index < -0.39 is 107 Å². The Kier molecular flexibility index (Phi) is 33.5. The average Bonchev–Trinajstić information content (AvgIpc) is 1.63. The van der Waals surface area contributed by atoms with Gasteiger partial charge in [0, 0.05) is 64.7 Å². The molecule has 0 amide bonds. The van der Waals surface area contributed by atoms with E-state index in [0.29, 0.717) is 36.4 Å². The summed E-state index contributed by atoms with van der Waals surface area (Å²) in [5, 5.41) is 77.4.